The summed E-state index contributed by atoms with van der Waals surface area (Å²) in [4.78, 5) is 11.7. The number of benzene rings is 1. The topological polar surface area (TPSA) is 29.1 Å². The third kappa shape index (κ3) is 1.25. The minimum Gasteiger partial charge on any atom is -0.323 e. The van der Waals surface area contributed by atoms with Gasteiger partial charge < -0.3 is 5.32 Å². The van der Waals surface area contributed by atoms with Crippen molar-refractivity contribution in [3.63, 3.8) is 0 Å². The van der Waals surface area contributed by atoms with Crippen LogP contribution in [0, 0.1) is 23.5 Å². The van der Waals surface area contributed by atoms with Gasteiger partial charge in [0, 0.05) is 12.0 Å². The van der Waals surface area contributed by atoms with E-state index in [0.29, 0.717) is 5.56 Å². The summed E-state index contributed by atoms with van der Waals surface area (Å²) in [5.74, 6) is -1.18. The van der Waals surface area contributed by atoms with Crippen LogP contribution in [-0.4, -0.2) is 5.91 Å². The van der Waals surface area contributed by atoms with Gasteiger partial charge in [0.2, 0.25) is 5.91 Å². The molecule has 0 radical (unpaired) electrons. The summed E-state index contributed by atoms with van der Waals surface area (Å²) in [5, 5.41) is 2.55. The van der Waals surface area contributed by atoms with E-state index in [1.807, 2.05) is 6.92 Å². The van der Waals surface area contributed by atoms with Gasteiger partial charge in [0.05, 0.1) is 5.69 Å². The number of halogens is 2. The molecule has 0 saturated heterocycles. The van der Waals surface area contributed by atoms with Gasteiger partial charge in [-0.2, -0.15) is 0 Å². The molecule has 1 aliphatic carbocycles. The summed E-state index contributed by atoms with van der Waals surface area (Å²) in [6.45, 7) is 1.83. The average molecular weight is 223 g/mol. The molecule has 1 amide bonds. The lowest BCUT2D eigenvalue weighted by Crippen LogP contribution is -2.21. The Morgan fingerprint density at radius 3 is 2.88 bits per heavy atom. The van der Waals surface area contributed by atoms with Crippen LogP contribution in [0.15, 0.2) is 12.1 Å². The fourth-order valence-electron chi connectivity index (χ4n) is 2.57. The maximum atomic E-state index is 13.6. The number of carbonyl (C=O) groups is 1. The van der Waals surface area contributed by atoms with Crippen LogP contribution in [0.3, 0.4) is 0 Å². The van der Waals surface area contributed by atoms with E-state index in [-0.39, 0.29) is 29.3 Å². The first-order valence-electron chi connectivity index (χ1n) is 5.37. The van der Waals surface area contributed by atoms with Crippen LogP contribution in [0.2, 0.25) is 0 Å². The first-order valence-corrected chi connectivity index (χ1v) is 5.37. The van der Waals surface area contributed by atoms with E-state index in [1.165, 1.54) is 6.07 Å². The molecule has 4 heteroatoms. The Morgan fingerprint density at radius 1 is 1.38 bits per heavy atom. The fraction of sp³-hybridized carbons (Fsp3) is 0.417. The smallest absolute Gasteiger partial charge is 0.227 e. The van der Waals surface area contributed by atoms with Crippen molar-refractivity contribution in [1.82, 2.24) is 0 Å². The molecule has 3 atom stereocenters. The first kappa shape index (κ1) is 9.75. The number of rotatable bonds is 0. The molecule has 1 saturated carbocycles. The van der Waals surface area contributed by atoms with Gasteiger partial charge in [-0.05, 0) is 29.9 Å². The van der Waals surface area contributed by atoms with Crippen molar-refractivity contribution in [2.45, 2.75) is 19.3 Å². The maximum Gasteiger partial charge on any atom is 0.227 e. The average Bonchev–Trinajstić information content (AvgIpc) is 2.99. The lowest BCUT2D eigenvalue weighted by atomic mass is 10.0. The van der Waals surface area contributed by atoms with Crippen molar-refractivity contribution in [3.8, 4) is 0 Å². The highest BCUT2D eigenvalue weighted by molar-refractivity contribution is 5.95. The van der Waals surface area contributed by atoms with E-state index in [4.69, 9.17) is 0 Å². The van der Waals surface area contributed by atoms with Crippen molar-refractivity contribution >= 4 is 11.6 Å². The second kappa shape index (κ2) is 3.03. The zero-order valence-corrected chi connectivity index (χ0v) is 8.76. The van der Waals surface area contributed by atoms with E-state index in [2.05, 4.69) is 5.32 Å². The van der Waals surface area contributed by atoms with Gasteiger partial charge in [-0.25, -0.2) is 8.78 Å². The number of hydrogen-bond donors (Lipinski definition) is 1. The zero-order chi connectivity index (χ0) is 11.4. The van der Waals surface area contributed by atoms with Crippen LogP contribution in [0.1, 0.15) is 24.8 Å². The summed E-state index contributed by atoms with van der Waals surface area (Å²) in [6.07, 6.45) is 0.852. The first-order chi connectivity index (χ1) is 7.58. The molecule has 0 spiro atoms. The molecule has 0 aromatic heterocycles. The standard InChI is InChI=1S/C12H11F2NO/c1-5-7-4-8(7)9-2-6(13)3-10(14)11(9)15-12(5)16/h2-3,5,7-8H,4H2,1H3,(H,15,16)/t5-,7-,8?/m1/s1. The van der Waals surface area contributed by atoms with Gasteiger partial charge in [-0.1, -0.05) is 6.92 Å². The van der Waals surface area contributed by atoms with Crippen LogP contribution in [-0.2, 0) is 4.79 Å². The molecule has 0 bridgehead atoms. The van der Waals surface area contributed by atoms with E-state index >= 15 is 0 Å². The third-order valence-corrected chi connectivity index (χ3v) is 3.63. The SMILES string of the molecule is C[C@H]1C(=O)Nc2c(F)cc(F)cc2C2C[C@@H]21. The Hall–Kier alpha value is -1.45. The lowest BCUT2D eigenvalue weighted by Gasteiger charge is -2.10. The number of anilines is 1. The Balaban J connectivity index is 2.15. The van der Waals surface area contributed by atoms with Gasteiger partial charge in [0.25, 0.3) is 0 Å². The molecule has 1 N–H and O–H groups in total. The summed E-state index contributed by atoms with van der Waals surface area (Å²) in [7, 11) is 0. The molecule has 84 valence electrons. The number of nitrogens with one attached hydrogen (secondary N) is 1. The Bertz CT molecular complexity index is 486. The molecular weight excluding hydrogens is 212 g/mol. The van der Waals surface area contributed by atoms with Gasteiger partial charge in [0.15, 0.2) is 0 Å². The number of carbonyl (C=O) groups excluding carboxylic acids is 1. The van der Waals surface area contributed by atoms with Crippen LogP contribution in [0.25, 0.3) is 0 Å². The molecule has 1 unspecified atom stereocenters. The van der Waals surface area contributed by atoms with Gasteiger partial charge in [0.1, 0.15) is 11.6 Å². The minimum absolute atomic E-state index is 0.125. The highest BCUT2D eigenvalue weighted by atomic mass is 19.1. The molecule has 1 aliphatic heterocycles. The lowest BCUT2D eigenvalue weighted by molar-refractivity contribution is -0.119. The predicted octanol–water partition coefficient (Wildman–Crippen LogP) is 2.66. The van der Waals surface area contributed by atoms with E-state index in [9.17, 15) is 13.6 Å². The Kier molecular flexibility index (Phi) is 1.85. The van der Waals surface area contributed by atoms with Gasteiger partial charge in [-0.15, -0.1) is 0 Å². The third-order valence-electron chi connectivity index (χ3n) is 3.63. The largest absolute Gasteiger partial charge is 0.323 e. The van der Waals surface area contributed by atoms with Crippen LogP contribution >= 0.6 is 0 Å². The van der Waals surface area contributed by atoms with Crippen molar-refractivity contribution in [2.75, 3.05) is 5.32 Å². The van der Waals surface area contributed by atoms with Crippen LogP contribution in [0.4, 0.5) is 14.5 Å². The molecule has 16 heavy (non-hydrogen) atoms. The zero-order valence-electron chi connectivity index (χ0n) is 8.76. The summed E-state index contributed by atoms with van der Waals surface area (Å²) in [6, 6.07) is 2.15. The molecule has 1 aromatic carbocycles. The second-order valence-corrected chi connectivity index (χ2v) is 4.64. The van der Waals surface area contributed by atoms with Crippen molar-refractivity contribution < 1.29 is 13.6 Å². The van der Waals surface area contributed by atoms with Crippen molar-refractivity contribution in [2.24, 2.45) is 11.8 Å². The summed E-state index contributed by atoms with van der Waals surface area (Å²) in [5.41, 5.74) is 0.781. The monoisotopic (exact) mass is 223 g/mol. The summed E-state index contributed by atoms with van der Waals surface area (Å²) >= 11 is 0. The normalized spacial score (nSPS) is 31.2. The highest BCUT2D eigenvalue weighted by Gasteiger charge is 2.48. The molecular formula is C12H11F2NO. The van der Waals surface area contributed by atoms with Crippen molar-refractivity contribution in [3.05, 3.63) is 29.3 Å². The molecule has 1 fully saturated rings. The van der Waals surface area contributed by atoms with Crippen LogP contribution in [0.5, 0.6) is 0 Å². The van der Waals surface area contributed by atoms with E-state index in [0.717, 1.165) is 12.5 Å². The number of fused-ring (bicyclic) bond motifs is 3. The minimum atomic E-state index is -0.678. The Labute approximate surface area is 91.7 Å². The summed E-state index contributed by atoms with van der Waals surface area (Å²) < 4.78 is 26.7. The second-order valence-electron chi connectivity index (χ2n) is 4.64. The van der Waals surface area contributed by atoms with Crippen LogP contribution < -0.4 is 5.32 Å². The number of amides is 1. The molecule has 3 rings (SSSR count). The molecule has 2 aliphatic rings. The van der Waals surface area contributed by atoms with Gasteiger partial charge in [-0.3, -0.25) is 4.79 Å². The molecule has 2 nitrogen and oxygen atoms in total. The predicted molar refractivity (Wildman–Crippen MR) is 55.0 cm³/mol. The molecule has 1 aromatic rings. The van der Waals surface area contributed by atoms with E-state index in [1.54, 1.807) is 0 Å². The quantitative estimate of drug-likeness (QED) is 0.719. The maximum absolute atomic E-state index is 13.6. The van der Waals surface area contributed by atoms with Crippen molar-refractivity contribution in [1.29, 1.82) is 0 Å². The molecule has 1 heterocycles. The van der Waals surface area contributed by atoms with E-state index < -0.39 is 11.6 Å². The highest BCUT2D eigenvalue weighted by Crippen LogP contribution is 2.56. The number of hydrogen-bond acceptors (Lipinski definition) is 1. The van der Waals surface area contributed by atoms with Gasteiger partial charge >= 0.3 is 0 Å². The Morgan fingerprint density at radius 2 is 2.12 bits per heavy atom. The fourth-order valence-corrected chi connectivity index (χ4v) is 2.57.